The number of aromatic nitrogens is 4. The number of hydrogen-bond acceptors (Lipinski definition) is 6. The van der Waals surface area contributed by atoms with Crippen LogP contribution in [0.3, 0.4) is 0 Å². The number of rotatable bonds is 5. The van der Waals surface area contributed by atoms with E-state index < -0.39 is 0 Å². The maximum atomic E-state index is 12.4. The second kappa shape index (κ2) is 6.79. The Kier molecular flexibility index (Phi) is 4.22. The molecule has 3 aromatic rings. The Morgan fingerprint density at radius 1 is 1.14 bits per heavy atom. The molecule has 1 aliphatic carbocycles. The molecule has 0 radical (unpaired) electrons. The average Bonchev–Trinajstić information content (AvgIpc) is 3.44. The minimum absolute atomic E-state index is 0.234. The van der Waals surface area contributed by atoms with Gasteiger partial charge >= 0.3 is 0 Å². The summed E-state index contributed by atoms with van der Waals surface area (Å²) >= 11 is 0. The zero-order valence-corrected chi connectivity index (χ0v) is 16.8. The zero-order valence-electron chi connectivity index (χ0n) is 16.8. The van der Waals surface area contributed by atoms with Crippen molar-refractivity contribution in [1.82, 2.24) is 19.7 Å². The predicted octanol–water partition coefficient (Wildman–Crippen LogP) is 2.57. The summed E-state index contributed by atoms with van der Waals surface area (Å²) in [5, 5.41) is 2.87. The highest BCUT2D eigenvalue weighted by Crippen LogP contribution is 2.53. The van der Waals surface area contributed by atoms with Gasteiger partial charge in [0.15, 0.2) is 11.2 Å². The maximum absolute atomic E-state index is 12.4. The van der Waals surface area contributed by atoms with E-state index in [9.17, 15) is 4.79 Å². The highest BCUT2D eigenvalue weighted by molar-refractivity contribution is 5.71. The molecule has 1 aliphatic heterocycles. The third kappa shape index (κ3) is 3.22. The van der Waals surface area contributed by atoms with Gasteiger partial charge in [0.25, 0.3) is 5.56 Å². The summed E-state index contributed by atoms with van der Waals surface area (Å²) < 4.78 is 12.5. The minimum Gasteiger partial charge on any atom is -0.497 e. The molecule has 0 bridgehead atoms. The Balaban J connectivity index is 1.47. The van der Waals surface area contributed by atoms with E-state index in [1.54, 1.807) is 25.1 Å². The number of fused-ring (bicyclic) bond motifs is 1. The number of nitrogens with one attached hydrogen (secondary N) is 1. The van der Waals surface area contributed by atoms with Crippen molar-refractivity contribution in [2.75, 3.05) is 32.2 Å². The molecule has 5 rings (SSSR count). The molecule has 1 spiro atoms. The number of piperidine rings is 1. The number of anilines is 1. The highest BCUT2D eigenvalue weighted by atomic mass is 16.5. The van der Waals surface area contributed by atoms with E-state index in [4.69, 9.17) is 14.5 Å². The molecular weight excluding hydrogens is 370 g/mol. The monoisotopic (exact) mass is 395 g/mol. The van der Waals surface area contributed by atoms with Gasteiger partial charge in [0.05, 0.1) is 27.0 Å². The van der Waals surface area contributed by atoms with Crippen LogP contribution in [-0.4, -0.2) is 47.1 Å². The van der Waals surface area contributed by atoms with Crippen LogP contribution in [0.2, 0.25) is 0 Å². The van der Waals surface area contributed by atoms with Gasteiger partial charge in [-0.2, -0.15) is 0 Å². The summed E-state index contributed by atoms with van der Waals surface area (Å²) in [4.78, 5) is 23.9. The number of H-pyrrole nitrogens is 1. The lowest BCUT2D eigenvalue weighted by molar-refractivity contribution is 0.383. The average molecular weight is 395 g/mol. The quantitative estimate of drug-likeness (QED) is 0.715. The van der Waals surface area contributed by atoms with Crippen molar-refractivity contribution in [2.45, 2.75) is 32.2 Å². The van der Waals surface area contributed by atoms with Gasteiger partial charge in [0.1, 0.15) is 17.3 Å². The second-order valence-corrected chi connectivity index (χ2v) is 8.09. The number of methoxy groups -OCH3 is 2. The Morgan fingerprint density at radius 2 is 1.93 bits per heavy atom. The van der Waals surface area contributed by atoms with Crippen molar-refractivity contribution in [3.05, 3.63) is 40.3 Å². The molecule has 8 heteroatoms. The molecule has 2 aromatic heterocycles. The molecule has 1 N–H and O–H groups in total. The third-order valence-electron chi connectivity index (χ3n) is 6.38. The topological polar surface area (TPSA) is 85.3 Å². The normalized spacial score (nSPS) is 17.7. The summed E-state index contributed by atoms with van der Waals surface area (Å²) in [7, 11) is 3.24. The van der Waals surface area contributed by atoms with E-state index >= 15 is 0 Å². The van der Waals surface area contributed by atoms with Gasteiger partial charge in [-0.15, -0.1) is 0 Å². The molecule has 2 fully saturated rings. The summed E-state index contributed by atoms with van der Waals surface area (Å²) in [6.45, 7) is 2.43. The SMILES string of the molecule is COc1ccc(Cn2[nH]c(=O)c3ncc(N4CCC5(CC4)CC5)nc32)c(OC)c1. The smallest absolute Gasteiger partial charge is 0.292 e. The van der Waals surface area contributed by atoms with Crippen LogP contribution in [0.5, 0.6) is 11.5 Å². The molecular formula is C21H25N5O3. The molecule has 152 valence electrons. The molecule has 8 nitrogen and oxygen atoms in total. The number of benzene rings is 1. The van der Waals surface area contributed by atoms with Gasteiger partial charge in [-0.25, -0.2) is 9.97 Å². The van der Waals surface area contributed by atoms with Crippen molar-refractivity contribution < 1.29 is 9.47 Å². The molecule has 1 saturated carbocycles. The van der Waals surface area contributed by atoms with Crippen LogP contribution in [-0.2, 0) is 6.54 Å². The molecule has 0 amide bonds. The second-order valence-electron chi connectivity index (χ2n) is 8.09. The van der Waals surface area contributed by atoms with E-state index in [-0.39, 0.29) is 5.56 Å². The van der Waals surface area contributed by atoms with E-state index in [1.807, 2.05) is 18.2 Å². The van der Waals surface area contributed by atoms with Gasteiger partial charge < -0.3 is 14.4 Å². The van der Waals surface area contributed by atoms with Gasteiger partial charge in [-0.3, -0.25) is 14.6 Å². The fourth-order valence-electron chi connectivity index (χ4n) is 4.25. The molecule has 3 heterocycles. The lowest BCUT2D eigenvalue weighted by Crippen LogP contribution is -2.35. The summed E-state index contributed by atoms with van der Waals surface area (Å²) in [5.74, 6) is 2.25. The van der Waals surface area contributed by atoms with Gasteiger partial charge in [0.2, 0.25) is 0 Å². The highest BCUT2D eigenvalue weighted by Gasteiger charge is 2.44. The van der Waals surface area contributed by atoms with Crippen LogP contribution in [0.4, 0.5) is 5.82 Å². The van der Waals surface area contributed by atoms with Crippen LogP contribution in [0.1, 0.15) is 31.2 Å². The van der Waals surface area contributed by atoms with Gasteiger partial charge in [0, 0.05) is 24.7 Å². The Labute approximate surface area is 168 Å². The lowest BCUT2D eigenvalue weighted by Gasteiger charge is -2.32. The van der Waals surface area contributed by atoms with Crippen molar-refractivity contribution in [3.63, 3.8) is 0 Å². The summed E-state index contributed by atoms with van der Waals surface area (Å²) in [6.07, 6.45) is 6.89. The van der Waals surface area contributed by atoms with Crippen LogP contribution in [0.25, 0.3) is 11.2 Å². The van der Waals surface area contributed by atoms with E-state index in [0.717, 1.165) is 30.2 Å². The zero-order chi connectivity index (χ0) is 20.0. The fraction of sp³-hybridized carbons (Fsp3) is 0.476. The maximum Gasteiger partial charge on any atom is 0.292 e. The molecule has 0 atom stereocenters. The van der Waals surface area contributed by atoms with Crippen molar-refractivity contribution >= 4 is 17.0 Å². The summed E-state index contributed by atoms with van der Waals surface area (Å²) in [5.41, 5.74) is 2.22. The van der Waals surface area contributed by atoms with Crippen molar-refractivity contribution in [2.24, 2.45) is 5.41 Å². The van der Waals surface area contributed by atoms with E-state index in [1.165, 1.54) is 25.7 Å². The van der Waals surface area contributed by atoms with E-state index in [0.29, 0.717) is 28.9 Å². The molecule has 0 unspecified atom stereocenters. The van der Waals surface area contributed by atoms with Gasteiger partial charge in [-0.05, 0) is 43.2 Å². The molecule has 1 saturated heterocycles. The fourth-order valence-corrected chi connectivity index (χ4v) is 4.25. The first kappa shape index (κ1) is 18.0. The lowest BCUT2D eigenvalue weighted by atomic mass is 9.94. The Morgan fingerprint density at radius 3 is 2.62 bits per heavy atom. The van der Waals surface area contributed by atoms with Gasteiger partial charge in [-0.1, -0.05) is 0 Å². The predicted molar refractivity (Wildman–Crippen MR) is 110 cm³/mol. The standard InChI is InChI=1S/C21H25N5O3/c1-28-15-4-3-14(16(11-15)29-2)13-26-19-18(20(27)24-26)22-12-17(23-19)25-9-7-21(5-6-21)8-10-25/h3-4,11-12H,5-10,13H2,1-2H3,(H,24,27). The molecule has 29 heavy (non-hydrogen) atoms. The van der Waals surface area contributed by atoms with E-state index in [2.05, 4.69) is 15.0 Å². The number of hydrogen-bond donors (Lipinski definition) is 1. The van der Waals surface area contributed by atoms with Crippen LogP contribution < -0.4 is 19.9 Å². The first-order valence-corrected chi connectivity index (χ1v) is 10.0. The van der Waals surface area contributed by atoms with Crippen LogP contribution in [0, 0.1) is 5.41 Å². The number of nitrogens with zero attached hydrogens (tertiary/aromatic N) is 4. The minimum atomic E-state index is -0.234. The Hall–Kier alpha value is -3.03. The van der Waals surface area contributed by atoms with Crippen LogP contribution in [0.15, 0.2) is 29.2 Å². The molecule has 1 aromatic carbocycles. The molecule has 2 aliphatic rings. The Bertz CT molecular complexity index is 1110. The number of ether oxygens (including phenoxy) is 2. The van der Waals surface area contributed by atoms with Crippen molar-refractivity contribution in [3.8, 4) is 11.5 Å². The third-order valence-corrected chi connectivity index (χ3v) is 6.38. The van der Waals surface area contributed by atoms with Crippen molar-refractivity contribution in [1.29, 1.82) is 0 Å². The van der Waals surface area contributed by atoms with Crippen LogP contribution >= 0.6 is 0 Å². The first-order chi connectivity index (χ1) is 14.1. The largest absolute Gasteiger partial charge is 0.497 e. The first-order valence-electron chi connectivity index (χ1n) is 10.0. The summed E-state index contributed by atoms with van der Waals surface area (Å²) in [6, 6.07) is 5.64. The number of aromatic amines is 1.